The van der Waals surface area contributed by atoms with Crippen molar-refractivity contribution in [2.45, 2.75) is 31.4 Å². The highest BCUT2D eigenvalue weighted by molar-refractivity contribution is 6.17. The van der Waals surface area contributed by atoms with E-state index in [4.69, 9.17) is 16.3 Å². The van der Waals surface area contributed by atoms with E-state index in [-0.39, 0.29) is 11.9 Å². The molecule has 1 saturated heterocycles. The summed E-state index contributed by atoms with van der Waals surface area (Å²) in [5.74, 6) is 0.0589. The molecule has 1 fully saturated rings. The minimum Gasteiger partial charge on any atom is -0.379 e. The van der Waals surface area contributed by atoms with E-state index in [0.29, 0.717) is 25.3 Å². The van der Waals surface area contributed by atoms with Crippen molar-refractivity contribution in [3.63, 3.8) is 0 Å². The summed E-state index contributed by atoms with van der Waals surface area (Å²) >= 11 is 5.84. The van der Waals surface area contributed by atoms with Gasteiger partial charge < -0.3 is 9.64 Å². The molecule has 0 amide bonds. The van der Waals surface area contributed by atoms with Gasteiger partial charge in [-0.1, -0.05) is 0 Å². The minimum absolute atomic E-state index is 0.0589. The number of likely N-dealkylation sites (N-methyl/N-ethyl adjacent to an activating group) is 1. The third kappa shape index (κ3) is 3.20. The number of benzene rings is 1. The van der Waals surface area contributed by atoms with Crippen molar-refractivity contribution in [2.24, 2.45) is 0 Å². The zero-order chi connectivity index (χ0) is 14.8. The molecule has 0 aliphatic carbocycles. The van der Waals surface area contributed by atoms with Gasteiger partial charge in [-0.2, -0.15) is 13.2 Å². The van der Waals surface area contributed by atoms with E-state index >= 15 is 0 Å². The van der Waals surface area contributed by atoms with Crippen LogP contribution in [0.15, 0.2) is 18.2 Å². The molecule has 2 rings (SSSR count). The van der Waals surface area contributed by atoms with Crippen LogP contribution in [-0.4, -0.2) is 25.8 Å². The average Bonchev–Trinajstić information content (AvgIpc) is 2.92. The van der Waals surface area contributed by atoms with Crippen molar-refractivity contribution in [1.29, 1.82) is 0 Å². The van der Waals surface area contributed by atoms with Gasteiger partial charge in [-0.15, -0.1) is 11.6 Å². The van der Waals surface area contributed by atoms with Crippen molar-refractivity contribution < 1.29 is 17.9 Å². The normalized spacial score (nSPS) is 19.4. The second kappa shape index (κ2) is 6.22. The van der Waals surface area contributed by atoms with E-state index in [9.17, 15) is 13.2 Å². The summed E-state index contributed by atoms with van der Waals surface area (Å²) in [5.41, 5.74) is 0.622. The van der Waals surface area contributed by atoms with Gasteiger partial charge in [0, 0.05) is 24.7 Å². The van der Waals surface area contributed by atoms with Crippen molar-refractivity contribution in [2.75, 3.05) is 24.7 Å². The van der Waals surface area contributed by atoms with Crippen LogP contribution in [0.2, 0.25) is 0 Å². The molecule has 1 aromatic rings. The van der Waals surface area contributed by atoms with E-state index in [1.165, 1.54) is 6.07 Å². The molecule has 0 N–H and O–H groups in total. The van der Waals surface area contributed by atoms with Gasteiger partial charge >= 0.3 is 6.18 Å². The number of hydrogen-bond acceptors (Lipinski definition) is 2. The average molecular weight is 308 g/mol. The van der Waals surface area contributed by atoms with E-state index in [2.05, 4.69) is 4.90 Å². The molecule has 1 atom stereocenters. The predicted octanol–water partition coefficient (Wildman–Crippen LogP) is 4.06. The fraction of sp³-hybridized carbons (Fsp3) is 0.571. The first-order valence-corrected chi connectivity index (χ1v) is 7.11. The van der Waals surface area contributed by atoms with Crippen LogP contribution in [0.4, 0.5) is 18.9 Å². The fourth-order valence-electron chi connectivity index (χ4n) is 2.54. The lowest BCUT2D eigenvalue weighted by molar-refractivity contribution is -0.137. The molecule has 0 radical (unpaired) electrons. The van der Waals surface area contributed by atoms with E-state index in [1.807, 2.05) is 6.92 Å². The van der Waals surface area contributed by atoms with Crippen LogP contribution in [0, 0.1) is 0 Å². The summed E-state index contributed by atoms with van der Waals surface area (Å²) in [4.78, 5) is 2.07. The largest absolute Gasteiger partial charge is 0.416 e. The van der Waals surface area contributed by atoms with Crippen LogP contribution in [0.1, 0.15) is 24.5 Å². The van der Waals surface area contributed by atoms with Crippen LogP contribution < -0.4 is 4.90 Å². The van der Waals surface area contributed by atoms with Crippen molar-refractivity contribution in [1.82, 2.24) is 0 Å². The molecule has 2 nitrogen and oxygen atoms in total. The Morgan fingerprint density at radius 1 is 1.40 bits per heavy atom. The number of nitrogens with zero attached hydrogens (tertiary/aromatic N) is 1. The van der Waals surface area contributed by atoms with Crippen LogP contribution in [0.3, 0.4) is 0 Å². The van der Waals surface area contributed by atoms with E-state index < -0.39 is 11.7 Å². The monoisotopic (exact) mass is 307 g/mol. The Morgan fingerprint density at radius 3 is 2.65 bits per heavy atom. The Labute approximate surface area is 121 Å². The van der Waals surface area contributed by atoms with Gasteiger partial charge in [-0.25, -0.2) is 0 Å². The molecule has 1 aromatic carbocycles. The molecule has 0 bridgehead atoms. The fourth-order valence-corrected chi connectivity index (χ4v) is 2.76. The molecule has 0 saturated carbocycles. The molecule has 1 aliphatic rings. The van der Waals surface area contributed by atoms with Gasteiger partial charge in [0.2, 0.25) is 0 Å². The number of rotatable bonds is 4. The van der Waals surface area contributed by atoms with Gasteiger partial charge in [-0.05, 0) is 37.1 Å². The number of ether oxygens (including phenoxy) is 1. The minimum atomic E-state index is -4.34. The Morgan fingerprint density at radius 2 is 2.15 bits per heavy atom. The third-order valence-electron chi connectivity index (χ3n) is 3.55. The SMILES string of the molecule is CCN(c1ccc(C(F)(F)F)cc1CCl)C1CCOC1. The lowest BCUT2D eigenvalue weighted by Gasteiger charge is -2.31. The van der Waals surface area contributed by atoms with E-state index in [0.717, 1.165) is 24.2 Å². The maximum absolute atomic E-state index is 12.7. The maximum Gasteiger partial charge on any atom is 0.416 e. The number of alkyl halides is 4. The molecular formula is C14H17ClF3NO. The van der Waals surface area contributed by atoms with Crippen molar-refractivity contribution >= 4 is 17.3 Å². The van der Waals surface area contributed by atoms with Crippen molar-refractivity contribution in [3.05, 3.63) is 29.3 Å². The lowest BCUT2D eigenvalue weighted by Crippen LogP contribution is -2.36. The van der Waals surface area contributed by atoms with Gasteiger partial charge in [0.05, 0.1) is 18.2 Å². The second-order valence-electron chi connectivity index (χ2n) is 4.78. The quantitative estimate of drug-likeness (QED) is 0.778. The number of hydrogen-bond donors (Lipinski definition) is 0. The Hall–Kier alpha value is -0.940. The molecule has 6 heteroatoms. The number of anilines is 1. The van der Waals surface area contributed by atoms with Gasteiger partial charge in [0.1, 0.15) is 0 Å². The molecule has 112 valence electrons. The van der Waals surface area contributed by atoms with Crippen LogP contribution in [0.5, 0.6) is 0 Å². The summed E-state index contributed by atoms with van der Waals surface area (Å²) in [6, 6.07) is 3.98. The molecule has 1 unspecified atom stereocenters. The Kier molecular flexibility index (Phi) is 4.81. The smallest absolute Gasteiger partial charge is 0.379 e. The summed E-state index contributed by atoms with van der Waals surface area (Å²) in [6.45, 7) is 3.99. The summed E-state index contributed by atoms with van der Waals surface area (Å²) < 4.78 is 43.6. The summed E-state index contributed by atoms with van der Waals surface area (Å²) in [5, 5.41) is 0. The summed E-state index contributed by atoms with van der Waals surface area (Å²) in [7, 11) is 0. The first kappa shape index (κ1) is 15.4. The lowest BCUT2D eigenvalue weighted by atomic mass is 10.1. The van der Waals surface area contributed by atoms with Gasteiger partial charge in [0.15, 0.2) is 0 Å². The highest BCUT2D eigenvalue weighted by atomic mass is 35.5. The van der Waals surface area contributed by atoms with Crippen molar-refractivity contribution in [3.8, 4) is 0 Å². The first-order chi connectivity index (χ1) is 9.47. The summed E-state index contributed by atoms with van der Waals surface area (Å²) in [6.07, 6.45) is -3.45. The first-order valence-electron chi connectivity index (χ1n) is 6.57. The topological polar surface area (TPSA) is 12.5 Å². The van der Waals surface area contributed by atoms with Crippen LogP contribution in [-0.2, 0) is 16.8 Å². The molecule has 20 heavy (non-hydrogen) atoms. The molecular weight excluding hydrogens is 291 g/mol. The van der Waals surface area contributed by atoms with Crippen LogP contribution >= 0.6 is 11.6 Å². The predicted molar refractivity (Wildman–Crippen MR) is 73.2 cm³/mol. The number of halogens is 4. The zero-order valence-corrected chi connectivity index (χ0v) is 12.0. The zero-order valence-electron chi connectivity index (χ0n) is 11.2. The highest BCUT2D eigenvalue weighted by Gasteiger charge is 2.32. The molecule has 0 spiro atoms. The molecule has 0 aromatic heterocycles. The standard InChI is InChI=1S/C14H17ClF3NO/c1-2-19(12-5-6-20-9-12)13-4-3-11(14(16,17)18)7-10(13)8-15/h3-4,7,12H,2,5-6,8-9H2,1H3. The Bertz CT molecular complexity index is 458. The van der Waals surface area contributed by atoms with E-state index in [1.54, 1.807) is 0 Å². The van der Waals surface area contributed by atoms with Crippen LogP contribution in [0.25, 0.3) is 0 Å². The molecule has 1 aliphatic heterocycles. The second-order valence-corrected chi connectivity index (χ2v) is 5.05. The van der Waals surface area contributed by atoms with Gasteiger partial charge in [-0.3, -0.25) is 0 Å². The molecule has 1 heterocycles. The maximum atomic E-state index is 12.7. The van der Waals surface area contributed by atoms with Gasteiger partial charge in [0.25, 0.3) is 0 Å². The highest BCUT2D eigenvalue weighted by Crippen LogP contribution is 2.34. The Balaban J connectivity index is 2.34. The third-order valence-corrected chi connectivity index (χ3v) is 3.84.